The lowest BCUT2D eigenvalue weighted by molar-refractivity contribution is -0.136. The molecular weight excluding hydrogens is 272 g/mol. The summed E-state index contributed by atoms with van der Waals surface area (Å²) >= 11 is 0. The average Bonchev–Trinajstić information content (AvgIpc) is 3.25. The molecule has 1 aliphatic heterocycles. The Hall–Kier alpha value is -2.31. The molecule has 0 spiro atoms. The first kappa shape index (κ1) is 13.7. The topological polar surface area (TPSA) is 97.6 Å². The van der Waals surface area contributed by atoms with Crippen LogP contribution in [-0.2, 0) is 9.59 Å². The van der Waals surface area contributed by atoms with E-state index in [0.29, 0.717) is 29.9 Å². The Labute approximate surface area is 122 Å². The maximum Gasteiger partial charge on any atom is 0.251 e. The second kappa shape index (κ2) is 5.23. The zero-order chi connectivity index (χ0) is 15.0. The molecule has 1 saturated heterocycles. The fourth-order valence-electron chi connectivity index (χ4n) is 2.18. The van der Waals surface area contributed by atoms with Crippen LogP contribution in [0.25, 0.3) is 0 Å². The number of pyridine rings is 1. The van der Waals surface area contributed by atoms with Gasteiger partial charge in [-0.25, -0.2) is 0 Å². The smallest absolute Gasteiger partial charge is 0.251 e. The highest BCUT2D eigenvalue weighted by atomic mass is 16.5. The number of likely N-dealkylation sites (tertiary alicyclic amines) is 1. The number of ether oxygens (including phenoxy) is 1. The standard InChI is InChI=1S/C14H18N4O3/c1-18-12(19)6-10(14(18)20)16-11-5-4-9(15)13(17-11)21-7-8-2-3-8/h4-5,8,10H,2-3,6-7,15H2,1H3,(H,16,17). The number of nitrogens with two attached hydrogens (primary N) is 1. The molecule has 2 aliphatic rings. The third kappa shape index (κ3) is 2.91. The number of carbonyl (C=O) groups is 2. The van der Waals surface area contributed by atoms with E-state index in [1.165, 1.54) is 19.9 Å². The molecule has 1 aromatic rings. The van der Waals surface area contributed by atoms with E-state index in [0.717, 1.165) is 4.90 Å². The summed E-state index contributed by atoms with van der Waals surface area (Å²) in [6.07, 6.45) is 2.51. The number of hydrogen-bond donors (Lipinski definition) is 2. The van der Waals surface area contributed by atoms with Crippen molar-refractivity contribution in [3.8, 4) is 5.88 Å². The number of anilines is 2. The fraction of sp³-hybridized carbons (Fsp3) is 0.500. The van der Waals surface area contributed by atoms with Crippen molar-refractivity contribution >= 4 is 23.3 Å². The molecule has 0 bridgehead atoms. The first-order chi connectivity index (χ1) is 10.0. The number of likely N-dealkylation sites (N-methyl/N-ethyl adjacent to an activating group) is 1. The molecule has 1 aliphatic carbocycles. The van der Waals surface area contributed by atoms with Crippen molar-refractivity contribution < 1.29 is 14.3 Å². The third-order valence-electron chi connectivity index (χ3n) is 3.75. The van der Waals surface area contributed by atoms with E-state index in [1.807, 2.05) is 0 Å². The number of imide groups is 1. The lowest BCUT2D eigenvalue weighted by Crippen LogP contribution is -2.32. The molecule has 2 amide bonds. The Morgan fingerprint density at radius 1 is 1.43 bits per heavy atom. The van der Waals surface area contributed by atoms with Gasteiger partial charge >= 0.3 is 0 Å². The molecule has 7 heteroatoms. The Morgan fingerprint density at radius 3 is 2.81 bits per heavy atom. The summed E-state index contributed by atoms with van der Waals surface area (Å²) in [6, 6.07) is 2.78. The minimum atomic E-state index is -0.574. The van der Waals surface area contributed by atoms with Gasteiger partial charge in [-0.1, -0.05) is 0 Å². The summed E-state index contributed by atoms with van der Waals surface area (Å²) in [5, 5.41) is 2.96. The first-order valence-electron chi connectivity index (χ1n) is 7.01. The molecule has 0 aromatic carbocycles. The summed E-state index contributed by atoms with van der Waals surface area (Å²) in [7, 11) is 1.48. The number of carbonyl (C=O) groups excluding carboxylic acids is 2. The third-order valence-corrected chi connectivity index (χ3v) is 3.75. The SMILES string of the molecule is CN1C(=O)CC(Nc2ccc(N)c(OCC3CC3)n2)C1=O. The van der Waals surface area contributed by atoms with Gasteiger partial charge in [0.2, 0.25) is 11.8 Å². The summed E-state index contributed by atoms with van der Waals surface area (Å²) in [5.41, 5.74) is 6.30. The molecule has 112 valence electrons. The fourth-order valence-corrected chi connectivity index (χ4v) is 2.18. The van der Waals surface area contributed by atoms with Crippen molar-refractivity contribution in [3.63, 3.8) is 0 Å². The number of nitrogens with one attached hydrogen (secondary N) is 1. The minimum absolute atomic E-state index is 0.139. The van der Waals surface area contributed by atoms with Gasteiger partial charge in [0, 0.05) is 7.05 Å². The monoisotopic (exact) mass is 290 g/mol. The van der Waals surface area contributed by atoms with Gasteiger partial charge in [-0.15, -0.1) is 0 Å². The molecule has 1 atom stereocenters. The van der Waals surface area contributed by atoms with Crippen LogP contribution < -0.4 is 15.8 Å². The van der Waals surface area contributed by atoms with E-state index in [1.54, 1.807) is 12.1 Å². The average molecular weight is 290 g/mol. The lowest BCUT2D eigenvalue weighted by atomic mass is 10.2. The van der Waals surface area contributed by atoms with Crippen molar-refractivity contribution in [1.82, 2.24) is 9.88 Å². The van der Waals surface area contributed by atoms with Gasteiger partial charge in [0.05, 0.1) is 18.7 Å². The summed E-state index contributed by atoms with van der Waals surface area (Å²) in [5.74, 6) is 1.01. The van der Waals surface area contributed by atoms with E-state index in [2.05, 4.69) is 10.3 Å². The molecule has 1 unspecified atom stereocenters. The van der Waals surface area contributed by atoms with Crippen molar-refractivity contribution in [2.45, 2.75) is 25.3 Å². The molecular formula is C14H18N4O3. The molecule has 0 radical (unpaired) electrons. The summed E-state index contributed by atoms with van der Waals surface area (Å²) in [4.78, 5) is 28.7. The number of amides is 2. The molecule has 21 heavy (non-hydrogen) atoms. The van der Waals surface area contributed by atoms with Crippen LogP contribution in [0.2, 0.25) is 0 Å². The highest BCUT2D eigenvalue weighted by Crippen LogP contribution is 2.31. The zero-order valence-electron chi connectivity index (χ0n) is 11.8. The normalized spacial score (nSPS) is 21.8. The van der Waals surface area contributed by atoms with Gasteiger partial charge in [-0.3, -0.25) is 14.5 Å². The quantitative estimate of drug-likeness (QED) is 0.772. The first-order valence-corrected chi connectivity index (χ1v) is 7.01. The number of hydrogen-bond acceptors (Lipinski definition) is 6. The maximum atomic E-state index is 11.9. The van der Waals surface area contributed by atoms with E-state index < -0.39 is 6.04 Å². The van der Waals surface area contributed by atoms with Crippen LogP contribution in [0, 0.1) is 5.92 Å². The van der Waals surface area contributed by atoms with Gasteiger partial charge in [0.15, 0.2) is 0 Å². The second-order valence-corrected chi connectivity index (χ2v) is 5.54. The van der Waals surface area contributed by atoms with Gasteiger partial charge in [0.1, 0.15) is 11.9 Å². The Kier molecular flexibility index (Phi) is 3.40. The highest BCUT2D eigenvalue weighted by molar-refractivity contribution is 6.06. The molecule has 7 nitrogen and oxygen atoms in total. The van der Waals surface area contributed by atoms with Gasteiger partial charge in [-0.2, -0.15) is 4.98 Å². The molecule has 3 N–H and O–H groups in total. The zero-order valence-corrected chi connectivity index (χ0v) is 11.8. The molecule has 2 fully saturated rings. The van der Waals surface area contributed by atoms with Crippen LogP contribution in [0.1, 0.15) is 19.3 Å². The van der Waals surface area contributed by atoms with Gasteiger partial charge in [0.25, 0.3) is 5.91 Å². The molecule has 1 aromatic heterocycles. The molecule has 1 saturated carbocycles. The van der Waals surface area contributed by atoms with Crippen LogP contribution in [0.4, 0.5) is 11.5 Å². The molecule has 3 rings (SSSR count). The number of aromatic nitrogens is 1. The van der Waals surface area contributed by atoms with Crippen LogP contribution in [-0.4, -0.2) is 41.4 Å². The van der Waals surface area contributed by atoms with Gasteiger partial charge in [-0.05, 0) is 30.9 Å². The maximum absolute atomic E-state index is 11.9. The van der Waals surface area contributed by atoms with Crippen molar-refractivity contribution in [1.29, 1.82) is 0 Å². The Bertz CT molecular complexity index is 586. The predicted octanol–water partition coefficient (Wildman–Crippen LogP) is 0.622. The summed E-state index contributed by atoms with van der Waals surface area (Å²) < 4.78 is 5.60. The number of nitrogens with zero attached hydrogens (tertiary/aromatic N) is 2. The Balaban J connectivity index is 1.69. The Morgan fingerprint density at radius 2 is 2.19 bits per heavy atom. The van der Waals surface area contributed by atoms with E-state index in [9.17, 15) is 9.59 Å². The minimum Gasteiger partial charge on any atom is -0.476 e. The van der Waals surface area contributed by atoms with Crippen LogP contribution in [0.15, 0.2) is 12.1 Å². The lowest BCUT2D eigenvalue weighted by Gasteiger charge is -2.13. The highest BCUT2D eigenvalue weighted by Gasteiger charge is 2.36. The largest absolute Gasteiger partial charge is 0.476 e. The van der Waals surface area contributed by atoms with E-state index >= 15 is 0 Å². The second-order valence-electron chi connectivity index (χ2n) is 5.54. The summed E-state index contributed by atoms with van der Waals surface area (Å²) in [6.45, 7) is 0.615. The molecule has 2 heterocycles. The van der Waals surface area contributed by atoms with Crippen molar-refractivity contribution in [2.24, 2.45) is 5.92 Å². The van der Waals surface area contributed by atoms with Crippen LogP contribution in [0.3, 0.4) is 0 Å². The van der Waals surface area contributed by atoms with Crippen LogP contribution >= 0.6 is 0 Å². The van der Waals surface area contributed by atoms with E-state index in [-0.39, 0.29) is 18.2 Å². The number of rotatable bonds is 5. The van der Waals surface area contributed by atoms with E-state index in [4.69, 9.17) is 10.5 Å². The van der Waals surface area contributed by atoms with Crippen molar-refractivity contribution in [3.05, 3.63) is 12.1 Å². The van der Waals surface area contributed by atoms with Crippen molar-refractivity contribution in [2.75, 3.05) is 24.7 Å². The van der Waals surface area contributed by atoms with Gasteiger partial charge < -0.3 is 15.8 Å². The predicted molar refractivity (Wildman–Crippen MR) is 76.7 cm³/mol. The van der Waals surface area contributed by atoms with Crippen LogP contribution in [0.5, 0.6) is 5.88 Å². The number of nitrogen functional groups attached to an aromatic ring is 1.